The number of amides is 1. The van der Waals surface area contributed by atoms with Crippen LogP contribution < -0.4 is 4.90 Å². The van der Waals surface area contributed by atoms with Crippen LogP contribution in [0.4, 0.5) is 10.1 Å². The minimum atomic E-state index is -3.58. The Balaban J connectivity index is 1.64. The summed E-state index contributed by atoms with van der Waals surface area (Å²) >= 11 is 0. The molecule has 0 aromatic heterocycles. The third kappa shape index (κ3) is 5.47. The lowest BCUT2D eigenvalue weighted by Gasteiger charge is -2.34. The van der Waals surface area contributed by atoms with E-state index in [9.17, 15) is 17.6 Å². The fourth-order valence-corrected chi connectivity index (χ4v) is 4.90. The predicted molar refractivity (Wildman–Crippen MR) is 115 cm³/mol. The van der Waals surface area contributed by atoms with Crippen molar-refractivity contribution in [1.82, 2.24) is 9.21 Å². The summed E-state index contributed by atoms with van der Waals surface area (Å²) in [6.07, 6.45) is 0.0860. The Morgan fingerprint density at radius 1 is 1.10 bits per heavy atom. The maximum atomic E-state index is 14.2. The number of para-hydroxylation sites is 1. The SMILES string of the molecule is Cc1ccc(S(=O)(=O)N2CCN(CC(=O)N(CCC#N)c3ccccc3F)CC2)cc1. The first-order valence-corrected chi connectivity index (χ1v) is 11.5. The number of hydrogen-bond donors (Lipinski definition) is 0. The summed E-state index contributed by atoms with van der Waals surface area (Å²) in [7, 11) is -3.58. The summed E-state index contributed by atoms with van der Waals surface area (Å²) in [5.74, 6) is -0.849. The molecule has 0 N–H and O–H groups in total. The molecule has 1 aliphatic heterocycles. The molecule has 0 spiro atoms. The van der Waals surface area contributed by atoms with Gasteiger partial charge in [-0.1, -0.05) is 29.8 Å². The van der Waals surface area contributed by atoms with Crippen molar-refractivity contribution in [2.45, 2.75) is 18.2 Å². The number of carbonyl (C=O) groups excluding carboxylic acids is 1. The molecule has 9 heteroatoms. The van der Waals surface area contributed by atoms with Gasteiger partial charge in [0.1, 0.15) is 5.82 Å². The average Bonchev–Trinajstić information content (AvgIpc) is 2.76. The fourth-order valence-electron chi connectivity index (χ4n) is 3.48. The van der Waals surface area contributed by atoms with Gasteiger partial charge in [-0.25, -0.2) is 12.8 Å². The first-order valence-electron chi connectivity index (χ1n) is 10.0. The van der Waals surface area contributed by atoms with Crippen molar-refractivity contribution < 1.29 is 17.6 Å². The first kappa shape index (κ1) is 22.9. The molecule has 1 amide bonds. The molecule has 1 aliphatic rings. The monoisotopic (exact) mass is 444 g/mol. The summed E-state index contributed by atoms with van der Waals surface area (Å²) in [5, 5.41) is 8.89. The van der Waals surface area contributed by atoms with E-state index in [-0.39, 0.29) is 49.1 Å². The highest BCUT2D eigenvalue weighted by Crippen LogP contribution is 2.21. The number of carbonyl (C=O) groups is 1. The van der Waals surface area contributed by atoms with Crippen LogP contribution in [0.3, 0.4) is 0 Å². The minimum Gasteiger partial charge on any atom is -0.308 e. The third-order valence-corrected chi connectivity index (χ3v) is 7.15. The highest BCUT2D eigenvalue weighted by atomic mass is 32.2. The highest BCUT2D eigenvalue weighted by molar-refractivity contribution is 7.89. The lowest BCUT2D eigenvalue weighted by Crippen LogP contribution is -2.51. The quantitative estimate of drug-likeness (QED) is 0.655. The maximum absolute atomic E-state index is 14.2. The number of rotatable bonds is 7. The van der Waals surface area contributed by atoms with Crippen molar-refractivity contribution in [3.63, 3.8) is 0 Å². The van der Waals surface area contributed by atoms with E-state index in [1.807, 2.05) is 17.9 Å². The van der Waals surface area contributed by atoms with Gasteiger partial charge in [0.2, 0.25) is 15.9 Å². The van der Waals surface area contributed by atoms with Gasteiger partial charge in [-0.3, -0.25) is 9.69 Å². The molecule has 1 fully saturated rings. The number of nitriles is 1. The van der Waals surface area contributed by atoms with Gasteiger partial charge in [-0.15, -0.1) is 0 Å². The molecule has 2 aromatic carbocycles. The normalized spacial score (nSPS) is 15.4. The molecule has 2 aromatic rings. The van der Waals surface area contributed by atoms with Crippen LogP contribution in [-0.4, -0.2) is 62.8 Å². The molecule has 164 valence electrons. The number of hydrogen-bond acceptors (Lipinski definition) is 5. The van der Waals surface area contributed by atoms with E-state index in [1.54, 1.807) is 36.4 Å². The van der Waals surface area contributed by atoms with Crippen LogP contribution in [0.15, 0.2) is 53.4 Å². The van der Waals surface area contributed by atoms with Gasteiger partial charge < -0.3 is 4.90 Å². The Morgan fingerprint density at radius 2 is 1.74 bits per heavy atom. The summed E-state index contributed by atoms with van der Waals surface area (Å²) in [6.45, 7) is 3.33. The smallest absolute Gasteiger partial charge is 0.243 e. The van der Waals surface area contributed by atoms with Crippen LogP contribution in [0.1, 0.15) is 12.0 Å². The zero-order chi connectivity index (χ0) is 22.4. The van der Waals surface area contributed by atoms with E-state index in [2.05, 4.69) is 0 Å². The predicted octanol–water partition coefficient (Wildman–Crippen LogP) is 2.39. The van der Waals surface area contributed by atoms with Crippen LogP contribution in [0.25, 0.3) is 0 Å². The van der Waals surface area contributed by atoms with Crippen molar-refractivity contribution in [3.8, 4) is 6.07 Å². The molecule has 1 heterocycles. The van der Waals surface area contributed by atoms with Gasteiger partial charge in [0.25, 0.3) is 0 Å². The Labute approximate surface area is 182 Å². The van der Waals surface area contributed by atoms with Crippen molar-refractivity contribution in [2.24, 2.45) is 0 Å². The van der Waals surface area contributed by atoms with Crippen LogP contribution in [-0.2, 0) is 14.8 Å². The Hall–Kier alpha value is -2.80. The summed E-state index contributed by atoms with van der Waals surface area (Å²) < 4.78 is 41.3. The number of nitrogens with zero attached hydrogens (tertiary/aromatic N) is 4. The highest BCUT2D eigenvalue weighted by Gasteiger charge is 2.30. The van der Waals surface area contributed by atoms with Crippen LogP contribution >= 0.6 is 0 Å². The zero-order valence-electron chi connectivity index (χ0n) is 17.4. The van der Waals surface area contributed by atoms with E-state index in [0.717, 1.165) is 5.56 Å². The second kappa shape index (κ2) is 10.0. The van der Waals surface area contributed by atoms with E-state index >= 15 is 0 Å². The standard InChI is InChI=1S/C22H25FN4O3S/c1-18-7-9-19(10-8-18)31(29,30)26-15-13-25(14-16-26)17-22(28)27(12-4-11-24)21-6-3-2-5-20(21)23/h2-3,5-10H,4,12-17H2,1H3. The van der Waals surface area contributed by atoms with Crippen LogP contribution in [0.2, 0.25) is 0 Å². The molecular formula is C22H25FN4O3S. The Morgan fingerprint density at radius 3 is 2.35 bits per heavy atom. The second-order valence-electron chi connectivity index (χ2n) is 7.40. The fraction of sp³-hybridized carbons (Fsp3) is 0.364. The van der Waals surface area contributed by atoms with Crippen LogP contribution in [0, 0.1) is 24.1 Å². The number of aryl methyl sites for hydroxylation is 1. The van der Waals surface area contributed by atoms with E-state index < -0.39 is 15.8 Å². The summed E-state index contributed by atoms with van der Waals surface area (Å²) in [6, 6.07) is 14.7. The lowest BCUT2D eigenvalue weighted by molar-refractivity contribution is -0.120. The Kier molecular flexibility index (Phi) is 7.38. The van der Waals surface area contributed by atoms with Gasteiger partial charge in [-0.05, 0) is 31.2 Å². The first-order chi connectivity index (χ1) is 14.8. The summed E-state index contributed by atoms with van der Waals surface area (Å²) in [4.78, 5) is 16.3. The molecular weight excluding hydrogens is 419 g/mol. The number of halogens is 1. The van der Waals surface area contributed by atoms with Crippen LogP contribution in [0.5, 0.6) is 0 Å². The lowest BCUT2D eigenvalue weighted by atomic mass is 10.2. The van der Waals surface area contributed by atoms with Gasteiger partial charge in [0.05, 0.1) is 29.6 Å². The Bertz CT molecular complexity index is 1060. The van der Waals surface area contributed by atoms with Gasteiger partial charge in [0.15, 0.2) is 0 Å². The molecule has 0 unspecified atom stereocenters. The topological polar surface area (TPSA) is 84.7 Å². The number of sulfonamides is 1. The van der Waals surface area contributed by atoms with E-state index in [1.165, 1.54) is 21.3 Å². The number of benzene rings is 2. The molecule has 0 radical (unpaired) electrons. The molecule has 0 atom stereocenters. The van der Waals surface area contributed by atoms with Crippen molar-refractivity contribution in [2.75, 3.05) is 44.2 Å². The molecule has 0 bridgehead atoms. The largest absolute Gasteiger partial charge is 0.308 e. The van der Waals surface area contributed by atoms with Crippen molar-refractivity contribution >= 4 is 21.6 Å². The minimum absolute atomic E-state index is 0.0260. The zero-order valence-corrected chi connectivity index (χ0v) is 18.2. The molecule has 3 rings (SSSR count). The third-order valence-electron chi connectivity index (χ3n) is 5.24. The van der Waals surface area contributed by atoms with Gasteiger partial charge in [0, 0.05) is 32.7 Å². The van der Waals surface area contributed by atoms with Crippen molar-refractivity contribution in [3.05, 3.63) is 59.9 Å². The van der Waals surface area contributed by atoms with Gasteiger partial charge >= 0.3 is 0 Å². The van der Waals surface area contributed by atoms with E-state index in [4.69, 9.17) is 5.26 Å². The molecule has 7 nitrogen and oxygen atoms in total. The molecule has 31 heavy (non-hydrogen) atoms. The molecule has 0 saturated carbocycles. The second-order valence-corrected chi connectivity index (χ2v) is 9.34. The number of anilines is 1. The number of piperazine rings is 1. The molecule has 0 aliphatic carbocycles. The van der Waals surface area contributed by atoms with Gasteiger partial charge in [-0.2, -0.15) is 9.57 Å². The maximum Gasteiger partial charge on any atom is 0.243 e. The summed E-state index contributed by atoms with van der Waals surface area (Å²) in [5.41, 5.74) is 1.13. The average molecular weight is 445 g/mol. The van der Waals surface area contributed by atoms with E-state index in [0.29, 0.717) is 13.1 Å². The molecule has 1 saturated heterocycles. The van der Waals surface area contributed by atoms with Crippen molar-refractivity contribution in [1.29, 1.82) is 5.26 Å².